The number of rotatable bonds is 8. The van der Waals surface area contributed by atoms with E-state index in [0.717, 1.165) is 11.1 Å². The van der Waals surface area contributed by atoms with Crippen LogP contribution in [0.25, 0.3) is 0 Å². The molecule has 0 amide bonds. The third kappa shape index (κ3) is 4.96. The van der Waals surface area contributed by atoms with Crippen molar-refractivity contribution in [3.8, 4) is 0 Å². The molecule has 1 aliphatic rings. The van der Waals surface area contributed by atoms with Gasteiger partial charge in [-0.3, -0.25) is 0 Å². The summed E-state index contributed by atoms with van der Waals surface area (Å²) in [5, 5.41) is 1.28. The van der Waals surface area contributed by atoms with E-state index in [1.807, 2.05) is 6.07 Å². The average Bonchev–Trinajstić information content (AvgIpc) is 2.93. The molecule has 0 unspecified atom stereocenters. The number of hydrogen-bond acceptors (Lipinski definition) is 3. The zero-order valence-corrected chi connectivity index (χ0v) is 22.1. The van der Waals surface area contributed by atoms with Crippen molar-refractivity contribution in [2.24, 2.45) is 5.41 Å². The third-order valence-electron chi connectivity index (χ3n) is 7.43. The van der Waals surface area contributed by atoms with Gasteiger partial charge < -0.3 is 13.7 Å². The standard InChI is InChI=1S/C27H39BO3Si/c1-21(2)27(7,20-28-30-25(3,4)26(5,6)31-28)24(22-16-12-10-13-17-22)29-32(8,9)23-18-14-11-15-19-23/h10-19,24H,1,20H2,2-9H3/t24-,27-/m1/s1. The summed E-state index contributed by atoms with van der Waals surface area (Å²) in [6, 6.07) is 21.1. The van der Waals surface area contributed by atoms with Crippen molar-refractivity contribution in [3.05, 3.63) is 78.4 Å². The molecule has 0 aromatic heterocycles. The third-order valence-corrected chi connectivity index (χ3v) is 9.98. The van der Waals surface area contributed by atoms with Gasteiger partial charge in [0.25, 0.3) is 0 Å². The lowest BCUT2D eigenvalue weighted by atomic mass is 9.62. The summed E-state index contributed by atoms with van der Waals surface area (Å²) >= 11 is 0. The molecule has 3 rings (SSSR count). The van der Waals surface area contributed by atoms with Gasteiger partial charge in [-0.2, -0.15) is 0 Å². The zero-order chi connectivity index (χ0) is 23.8. The Kier molecular flexibility index (Phi) is 6.98. The molecular weight excluding hydrogens is 411 g/mol. The summed E-state index contributed by atoms with van der Waals surface area (Å²) in [5.74, 6) is 0. The van der Waals surface area contributed by atoms with E-state index >= 15 is 0 Å². The van der Waals surface area contributed by atoms with Crippen molar-refractivity contribution in [1.29, 1.82) is 0 Å². The second-order valence-corrected chi connectivity index (χ2v) is 14.7. The number of hydrogen-bond donors (Lipinski definition) is 0. The van der Waals surface area contributed by atoms with E-state index < -0.39 is 8.32 Å². The van der Waals surface area contributed by atoms with Crippen molar-refractivity contribution in [3.63, 3.8) is 0 Å². The van der Waals surface area contributed by atoms with Gasteiger partial charge in [-0.25, -0.2) is 0 Å². The first-order valence-electron chi connectivity index (χ1n) is 11.6. The molecule has 5 heteroatoms. The highest BCUT2D eigenvalue weighted by Gasteiger charge is 2.54. The predicted molar refractivity (Wildman–Crippen MR) is 138 cm³/mol. The molecule has 2 atom stereocenters. The van der Waals surface area contributed by atoms with E-state index in [2.05, 4.69) is 116 Å². The second kappa shape index (κ2) is 8.94. The van der Waals surface area contributed by atoms with E-state index in [4.69, 9.17) is 13.7 Å². The van der Waals surface area contributed by atoms with Gasteiger partial charge in [0.1, 0.15) is 0 Å². The largest absolute Gasteiger partial charge is 0.458 e. The summed E-state index contributed by atoms with van der Waals surface area (Å²) in [6.45, 7) is 21.7. The van der Waals surface area contributed by atoms with Gasteiger partial charge in [0.2, 0.25) is 8.32 Å². The molecule has 1 saturated heterocycles. The van der Waals surface area contributed by atoms with Gasteiger partial charge in [0.15, 0.2) is 0 Å². The Hall–Kier alpha value is -1.66. The van der Waals surface area contributed by atoms with Gasteiger partial charge in [0.05, 0.1) is 17.3 Å². The minimum atomic E-state index is -2.22. The smallest absolute Gasteiger partial charge is 0.405 e. The van der Waals surface area contributed by atoms with Crippen molar-refractivity contribution < 1.29 is 13.7 Å². The fourth-order valence-corrected chi connectivity index (χ4v) is 6.41. The first kappa shape index (κ1) is 25.0. The summed E-state index contributed by atoms with van der Waals surface area (Å²) in [7, 11) is -2.54. The van der Waals surface area contributed by atoms with Crippen molar-refractivity contribution in [2.75, 3.05) is 0 Å². The number of benzene rings is 2. The van der Waals surface area contributed by atoms with Crippen molar-refractivity contribution >= 4 is 20.6 Å². The molecule has 0 saturated carbocycles. The molecule has 0 radical (unpaired) electrons. The first-order valence-corrected chi connectivity index (χ1v) is 14.5. The molecule has 172 valence electrons. The van der Waals surface area contributed by atoms with Crippen LogP contribution in [0.4, 0.5) is 0 Å². The van der Waals surface area contributed by atoms with Crippen LogP contribution in [-0.4, -0.2) is 26.6 Å². The van der Waals surface area contributed by atoms with E-state index in [-0.39, 0.29) is 29.8 Å². The molecule has 0 aliphatic carbocycles. The topological polar surface area (TPSA) is 27.7 Å². The highest BCUT2D eigenvalue weighted by Crippen LogP contribution is 2.50. The quantitative estimate of drug-likeness (QED) is 0.338. The fourth-order valence-electron chi connectivity index (χ4n) is 4.30. The van der Waals surface area contributed by atoms with Crippen molar-refractivity contribution in [1.82, 2.24) is 0 Å². The Morgan fingerprint density at radius 2 is 1.44 bits per heavy atom. The monoisotopic (exact) mass is 450 g/mol. The van der Waals surface area contributed by atoms with Crippen molar-refractivity contribution in [2.45, 2.75) is 78.3 Å². The van der Waals surface area contributed by atoms with Gasteiger partial charge in [-0.15, -0.1) is 0 Å². The molecule has 2 aromatic carbocycles. The first-order chi connectivity index (χ1) is 14.8. The molecule has 32 heavy (non-hydrogen) atoms. The molecule has 1 aliphatic heterocycles. The summed E-state index contributed by atoms with van der Waals surface area (Å²) in [6.07, 6.45) is 0.510. The molecule has 0 N–H and O–H groups in total. The molecule has 1 heterocycles. The highest BCUT2D eigenvalue weighted by atomic mass is 28.4. The lowest BCUT2D eigenvalue weighted by Gasteiger charge is -2.43. The van der Waals surface area contributed by atoms with Gasteiger partial charge in [-0.05, 0) is 64.8 Å². The minimum absolute atomic E-state index is 0.165. The Morgan fingerprint density at radius 3 is 1.91 bits per heavy atom. The maximum Gasteiger partial charge on any atom is 0.458 e. The highest BCUT2D eigenvalue weighted by molar-refractivity contribution is 6.84. The molecule has 1 fully saturated rings. The molecule has 0 bridgehead atoms. The molecule has 3 nitrogen and oxygen atoms in total. The van der Waals surface area contributed by atoms with Crippen LogP contribution in [0.2, 0.25) is 19.4 Å². The second-order valence-electron chi connectivity index (χ2n) is 10.9. The summed E-state index contributed by atoms with van der Waals surface area (Å²) in [4.78, 5) is 0. The predicted octanol–water partition coefficient (Wildman–Crippen LogP) is 6.53. The average molecular weight is 451 g/mol. The summed E-state index contributed by atoms with van der Waals surface area (Å²) in [5.41, 5.74) is 1.12. The van der Waals surface area contributed by atoms with Crippen LogP contribution in [-0.2, 0) is 13.7 Å². The SMILES string of the molecule is C=C(C)[C@@](C)(CB1OC(C)(C)C(C)(C)O1)[C@H](O[Si](C)(C)c1ccccc1)c1ccccc1. The minimum Gasteiger partial charge on any atom is -0.405 e. The van der Waals surface area contributed by atoms with Crippen LogP contribution in [0, 0.1) is 5.41 Å². The van der Waals surface area contributed by atoms with Gasteiger partial charge >= 0.3 is 7.12 Å². The van der Waals surface area contributed by atoms with Crippen LogP contribution >= 0.6 is 0 Å². The molecular formula is C27H39BO3Si. The van der Waals surface area contributed by atoms with E-state index in [1.54, 1.807) is 0 Å². The Labute approximate surface area is 196 Å². The van der Waals surface area contributed by atoms with Crippen LogP contribution in [0.5, 0.6) is 0 Å². The van der Waals surface area contributed by atoms with E-state index in [9.17, 15) is 0 Å². The maximum atomic E-state index is 7.12. The van der Waals surface area contributed by atoms with Gasteiger partial charge in [-0.1, -0.05) is 79.7 Å². The summed E-state index contributed by atoms with van der Waals surface area (Å²) < 4.78 is 19.9. The van der Waals surface area contributed by atoms with Crippen LogP contribution in [0.3, 0.4) is 0 Å². The Balaban J connectivity index is 2.00. The zero-order valence-electron chi connectivity index (χ0n) is 21.1. The normalized spacial score (nSPS) is 20.6. The van der Waals surface area contributed by atoms with Crippen LogP contribution in [0.1, 0.15) is 53.2 Å². The maximum absolute atomic E-state index is 7.12. The van der Waals surface area contributed by atoms with Gasteiger partial charge in [0, 0.05) is 5.41 Å². The Morgan fingerprint density at radius 1 is 0.969 bits per heavy atom. The van der Waals surface area contributed by atoms with Crippen LogP contribution < -0.4 is 5.19 Å². The van der Waals surface area contributed by atoms with E-state index in [0.29, 0.717) is 6.32 Å². The molecule has 0 spiro atoms. The fraction of sp³-hybridized carbons (Fsp3) is 0.481. The van der Waals surface area contributed by atoms with Crippen LogP contribution in [0.15, 0.2) is 72.8 Å². The lowest BCUT2D eigenvalue weighted by molar-refractivity contribution is 0.00578. The molecule has 2 aromatic rings. The lowest BCUT2D eigenvalue weighted by Crippen LogP contribution is -2.49. The van der Waals surface area contributed by atoms with E-state index in [1.165, 1.54) is 5.19 Å². The Bertz CT molecular complexity index is 910.